The Morgan fingerprint density at radius 1 is 0.368 bits per heavy atom. The van der Waals surface area contributed by atoms with Gasteiger partial charge in [-0.3, -0.25) is 0 Å². The smallest absolute Gasteiger partial charge is 0.227 e. The normalized spacial score (nSPS) is 11.5. The second kappa shape index (κ2) is 13.6. The average Bonchev–Trinajstić information content (AvgIpc) is 3.88. The first-order valence-corrected chi connectivity index (χ1v) is 19.3. The largest absolute Gasteiger partial charge is 0.435 e. The van der Waals surface area contributed by atoms with Gasteiger partial charge in [-0.2, -0.15) is 0 Å². The summed E-state index contributed by atoms with van der Waals surface area (Å²) in [5.74, 6) is 0.632. The minimum absolute atomic E-state index is 0.632. The third-order valence-corrected chi connectivity index (χ3v) is 11.0. The minimum Gasteiger partial charge on any atom is -0.435 e. The van der Waals surface area contributed by atoms with Crippen LogP contribution >= 0.6 is 0 Å². The van der Waals surface area contributed by atoms with Crippen LogP contribution in [-0.2, 0) is 0 Å². The van der Waals surface area contributed by atoms with E-state index in [4.69, 9.17) is 9.40 Å². The number of fused-ring (bicyclic) bond motifs is 6. The van der Waals surface area contributed by atoms with E-state index in [0.29, 0.717) is 5.89 Å². The molecule has 0 bridgehead atoms. The molecule has 0 unspecified atom stereocenters. The molecule has 0 radical (unpaired) electrons. The molecule has 11 rings (SSSR count). The number of hydrogen-bond donors (Lipinski definition) is 0. The lowest BCUT2D eigenvalue weighted by atomic mass is 9.97. The van der Waals surface area contributed by atoms with Crippen molar-refractivity contribution in [3.63, 3.8) is 0 Å². The Hall–Kier alpha value is -7.69. The molecule has 2 aromatic heterocycles. The van der Waals surface area contributed by atoms with Gasteiger partial charge in [-0.1, -0.05) is 133 Å². The molecule has 4 heteroatoms. The summed E-state index contributed by atoms with van der Waals surface area (Å²) in [6.45, 7) is 0. The summed E-state index contributed by atoms with van der Waals surface area (Å²) in [5, 5.41) is 4.69. The van der Waals surface area contributed by atoms with E-state index in [2.05, 4.69) is 191 Å². The molecule has 0 spiro atoms. The molecule has 2 heterocycles. The second-order valence-electron chi connectivity index (χ2n) is 14.4. The molecular weight excluding hydrogens is 695 g/mol. The van der Waals surface area contributed by atoms with E-state index < -0.39 is 0 Å². The molecular formula is C53H35N3O. The number of para-hydroxylation sites is 2. The first-order chi connectivity index (χ1) is 28.3. The van der Waals surface area contributed by atoms with Crippen LogP contribution in [0.1, 0.15) is 0 Å². The van der Waals surface area contributed by atoms with Gasteiger partial charge in [0.05, 0.1) is 11.0 Å². The van der Waals surface area contributed by atoms with E-state index in [9.17, 15) is 0 Å². The zero-order valence-electron chi connectivity index (χ0n) is 31.0. The third-order valence-electron chi connectivity index (χ3n) is 11.0. The molecule has 0 fully saturated rings. The average molecular weight is 730 g/mol. The van der Waals surface area contributed by atoms with Crippen molar-refractivity contribution in [3.8, 4) is 39.4 Å². The number of nitrogens with zero attached hydrogens (tertiary/aromatic N) is 3. The van der Waals surface area contributed by atoms with Gasteiger partial charge in [0.15, 0.2) is 5.58 Å². The Labute approximate surface area is 330 Å². The van der Waals surface area contributed by atoms with Crippen molar-refractivity contribution in [1.82, 2.24) is 9.55 Å². The van der Waals surface area contributed by atoms with Crippen LogP contribution in [0.2, 0.25) is 0 Å². The van der Waals surface area contributed by atoms with Crippen molar-refractivity contribution in [1.29, 1.82) is 0 Å². The van der Waals surface area contributed by atoms with Gasteiger partial charge in [0.25, 0.3) is 0 Å². The van der Waals surface area contributed by atoms with Gasteiger partial charge < -0.3 is 13.9 Å². The molecule has 0 atom stereocenters. The first-order valence-electron chi connectivity index (χ1n) is 19.3. The molecule has 4 nitrogen and oxygen atoms in total. The molecule has 0 aliphatic rings. The van der Waals surface area contributed by atoms with Crippen LogP contribution in [0.4, 0.5) is 17.1 Å². The topological polar surface area (TPSA) is 34.2 Å². The number of anilines is 3. The maximum absolute atomic E-state index is 6.40. The molecule has 0 aliphatic heterocycles. The predicted molar refractivity (Wildman–Crippen MR) is 237 cm³/mol. The Bertz CT molecular complexity index is 3150. The maximum Gasteiger partial charge on any atom is 0.227 e. The van der Waals surface area contributed by atoms with Crippen molar-refractivity contribution >= 4 is 60.7 Å². The third kappa shape index (κ3) is 5.66. The maximum atomic E-state index is 6.40. The quantitative estimate of drug-likeness (QED) is 0.164. The molecule has 0 amide bonds. The summed E-state index contributed by atoms with van der Waals surface area (Å²) < 4.78 is 8.76. The number of rotatable bonds is 7. The monoisotopic (exact) mass is 729 g/mol. The highest BCUT2D eigenvalue weighted by Crippen LogP contribution is 2.40. The predicted octanol–water partition coefficient (Wildman–Crippen LogP) is 14.5. The lowest BCUT2D eigenvalue weighted by Gasteiger charge is -2.26. The van der Waals surface area contributed by atoms with E-state index in [1.54, 1.807) is 0 Å². The molecule has 57 heavy (non-hydrogen) atoms. The molecule has 9 aromatic carbocycles. The molecule has 0 saturated heterocycles. The molecule has 268 valence electrons. The fourth-order valence-corrected chi connectivity index (χ4v) is 8.32. The van der Waals surface area contributed by atoms with E-state index in [1.165, 1.54) is 32.9 Å². The van der Waals surface area contributed by atoms with Crippen LogP contribution in [0.3, 0.4) is 0 Å². The highest BCUT2D eigenvalue weighted by atomic mass is 16.3. The summed E-state index contributed by atoms with van der Waals surface area (Å²) >= 11 is 0. The Kier molecular flexibility index (Phi) is 7.78. The summed E-state index contributed by atoms with van der Waals surface area (Å²) in [5.41, 5.74) is 14.0. The molecule has 0 saturated carbocycles. The summed E-state index contributed by atoms with van der Waals surface area (Å²) in [6.07, 6.45) is 0. The molecule has 11 aromatic rings. The van der Waals surface area contributed by atoms with Crippen LogP contribution in [0.15, 0.2) is 217 Å². The zero-order chi connectivity index (χ0) is 37.7. The Balaban J connectivity index is 0.992. The number of oxazole rings is 1. The van der Waals surface area contributed by atoms with Crippen molar-refractivity contribution in [2.24, 2.45) is 0 Å². The number of hydrogen-bond acceptors (Lipinski definition) is 3. The Morgan fingerprint density at radius 3 is 1.51 bits per heavy atom. The van der Waals surface area contributed by atoms with Crippen molar-refractivity contribution in [2.75, 3.05) is 4.90 Å². The lowest BCUT2D eigenvalue weighted by molar-refractivity contribution is 0.623. The first kappa shape index (κ1) is 32.7. The van der Waals surface area contributed by atoms with Gasteiger partial charge in [-0.25, -0.2) is 4.98 Å². The van der Waals surface area contributed by atoms with Gasteiger partial charge in [0.2, 0.25) is 5.89 Å². The molecule has 0 aliphatic carbocycles. The van der Waals surface area contributed by atoms with Crippen molar-refractivity contribution < 1.29 is 4.42 Å². The summed E-state index contributed by atoms with van der Waals surface area (Å²) in [7, 11) is 0. The minimum atomic E-state index is 0.632. The van der Waals surface area contributed by atoms with Gasteiger partial charge in [-0.05, 0) is 107 Å². The highest BCUT2D eigenvalue weighted by Gasteiger charge is 2.17. The van der Waals surface area contributed by atoms with E-state index in [1.807, 2.05) is 30.3 Å². The fraction of sp³-hybridized carbons (Fsp3) is 0. The van der Waals surface area contributed by atoms with Gasteiger partial charge in [-0.15, -0.1) is 0 Å². The summed E-state index contributed by atoms with van der Waals surface area (Å²) in [6, 6.07) is 75.2. The van der Waals surface area contributed by atoms with E-state index >= 15 is 0 Å². The van der Waals surface area contributed by atoms with Crippen LogP contribution < -0.4 is 4.90 Å². The van der Waals surface area contributed by atoms with Crippen LogP contribution in [-0.4, -0.2) is 9.55 Å². The highest BCUT2D eigenvalue weighted by molar-refractivity contribution is 6.10. The lowest BCUT2D eigenvalue weighted by Crippen LogP contribution is -2.10. The molecule has 0 N–H and O–H groups in total. The van der Waals surface area contributed by atoms with Crippen molar-refractivity contribution in [2.45, 2.75) is 0 Å². The summed E-state index contributed by atoms with van der Waals surface area (Å²) in [4.78, 5) is 7.15. The number of aromatic nitrogens is 2. The van der Waals surface area contributed by atoms with E-state index in [0.717, 1.165) is 61.3 Å². The Morgan fingerprint density at radius 2 is 0.877 bits per heavy atom. The zero-order valence-corrected chi connectivity index (χ0v) is 31.0. The van der Waals surface area contributed by atoms with Crippen LogP contribution in [0, 0.1) is 0 Å². The van der Waals surface area contributed by atoms with Gasteiger partial charge >= 0.3 is 0 Å². The fourth-order valence-electron chi connectivity index (χ4n) is 8.32. The number of benzene rings is 9. The van der Waals surface area contributed by atoms with E-state index in [-0.39, 0.29) is 0 Å². The van der Waals surface area contributed by atoms with Gasteiger partial charge in [0.1, 0.15) is 5.52 Å². The van der Waals surface area contributed by atoms with Crippen LogP contribution in [0.25, 0.3) is 83.1 Å². The van der Waals surface area contributed by atoms with Gasteiger partial charge in [0, 0.05) is 44.5 Å². The van der Waals surface area contributed by atoms with Crippen LogP contribution in [0.5, 0.6) is 0 Å². The second-order valence-corrected chi connectivity index (χ2v) is 14.4. The standard InChI is InChI=1S/C53H35N3O/c1-3-12-36(13-4-1)37-22-26-40(27-23-37)55(42-30-32-43(33-31-42)56-50-20-9-7-16-46(50)47-17-8-10-21-51(47)56)41-28-24-38(25-29-41)44-18-11-19-48-45(44)34-35-49-52(48)57-53(54-49)39-14-5-2-6-15-39/h1-35H. The van der Waals surface area contributed by atoms with Crippen molar-refractivity contribution in [3.05, 3.63) is 212 Å². The SMILES string of the molecule is c1ccc(-c2ccc(N(c3ccc(-c4cccc5c4ccc4nc(-c6ccccc6)oc45)cc3)c3ccc(-n4c5ccccc5c5ccccc54)cc3)cc2)cc1.